The van der Waals surface area contributed by atoms with Gasteiger partial charge in [-0.2, -0.15) is 0 Å². The van der Waals surface area contributed by atoms with Crippen LogP contribution in [0.1, 0.15) is 22.7 Å². The first kappa shape index (κ1) is 9.90. The Balaban J connectivity index is 1.80. The predicted octanol–water partition coefficient (Wildman–Crippen LogP) is 1.02. The van der Waals surface area contributed by atoms with E-state index >= 15 is 0 Å². The molecule has 1 N–H and O–H groups in total. The van der Waals surface area contributed by atoms with Gasteiger partial charge in [-0.15, -0.1) is 0 Å². The van der Waals surface area contributed by atoms with Gasteiger partial charge in [-0.3, -0.25) is 4.79 Å². The van der Waals surface area contributed by atoms with Gasteiger partial charge < -0.3 is 14.6 Å². The third kappa shape index (κ3) is 1.45. The molecule has 2 aliphatic rings. The van der Waals surface area contributed by atoms with E-state index in [0.717, 1.165) is 31.8 Å². The summed E-state index contributed by atoms with van der Waals surface area (Å²) in [4.78, 5) is 14.2. The minimum absolute atomic E-state index is 0.0456. The standard InChI is InChI=1S/C12H16N2O2/c1-8-2-3-11(16-8)12(15)14-5-4-9-6-13-7-10(9)14/h2-3,9-10,13H,4-7H2,1H3. The molecule has 3 rings (SSSR count). The summed E-state index contributed by atoms with van der Waals surface area (Å²) in [6.07, 6.45) is 1.11. The maximum atomic E-state index is 12.2. The first-order valence-electron chi connectivity index (χ1n) is 5.84. The van der Waals surface area contributed by atoms with E-state index < -0.39 is 0 Å². The molecule has 2 fully saturated rings. The third-order valence-corrected chi connectivity index (χ3v) is 3.66. The molecule has 0 saturated carbocycles. The zero-order chi connectivity index (χ0) is 11.1. The van der Waals surface area contributed by atoms with Gasteiger partial charge in [-0.25, -0.2) is 0 Å². The van der Waals surface area contributed by atoms with E-state index in [2.05, 4.69) is 5.32 Å². The molecular weight excluding hydrogens is 204 g/mol. The Morgan fingerprint density at radius 2 is 2.38 bits per heavy atom. The van der Waals surface area contributed by atoms with Crippen molar-refractivity contribution in [3.05, 3.63) is 23.7 Å². The highest BCUT2D eigenvalue weighted by Crippen LogP contribution is 2.28. The molecule has 2 atom stereocenters. The molecular formula is C12H16N2O2. The number of amides is 1. The van der Waals surface area contributed by atoms with Crippen molar-refractivity contribution in [3.63, 3.8) is 0 Å². The minimum Gasteiger partial charge on any atom is -0.456 e. The Morgan fingerprint density at radius 1 is 1.50 bits per heavy atom. The number of hydrogen-bond acceptors (Lipinski definition) is 3. The molecule has 16 heavy (non-hydrogen) atoms. The highest BCUT2D eigenvalue weighted by molar-refractivity contribution is 5.92. The van der Waals surface area contributed by atoms with Gasteiger partial charge in [-0.1, -0.05) is 0 Å². The number of nitrogens with zero attached hydrogens (tertiary/aromatic N) is 1. The van der Waals surface area contributed by atoms with E-state index in [-0.39, 0.29) is 5.91 Å². The van der Waals surface area contributed by atoms with Crippen molar-refractivity contribution in [3.8, 4) is 0 Å². The summed E-state index contributed by atoms with van der Waals surface area (Å²) in [5.41, 5.74) is 0. The van der Waals surface area contributed by atoms with Crippen molar-refractivity contribution in [2.24, 2.45) is 5.92 Å². The Hall–Kier alpha value is -1.29. The van der Waals surface area contributed by atoms with Gasteiger partial charge in [-0.05, 0) is 31.4 Å². The lowest BCUT2D eigenvalue weighted by molar-refractivity contribution is 0.0703. The van der Waals surface area contributed by atoms with E-state index in [9.17, 15) is 4.79 Å². The maximum absolute atomic E-state index is 12.2. The summed E-state index contributed by atoms with van der Waals surface area (Å²) in [6, 6.07) is 3.99. The molecule has 1 aromatic heterocycles. The monoisotopic (exact) mass is 220 g/mol. The fourth-order valence-corrected chi connectivity index (χ4v) is 2.79. The summed E-state index contributed by atoms with van der Waals surface area (Å²) >= 11 is 0. The van der Waals surface area contributed by atoms with Crippen molar-refractivity contribution >= 4 is 5.91 Å². The second-order valence-electron chi connectivity index (χ2n) is 4.68. The van der Waals surface area contributed by atoms with Crippen LogP contribution in [-0.4, -0.2) is 36.5 Å². The molecule has 4 heteroatoms. The Bertz CT molecular complexity index is 413. The lowest BCUT2D eigenvalue weighted by Gasteiger charge is -2.22. The van der Waals surface area contributed by atoms with Crippen LogP contribution in [0.4, 0.5) is 0 Å². The number of furan rings is 1. The number of aryl methyl sites for hydroxylation is 1. The molecule has 86 valence electrons. The average Bonchev–Trinajstić information content (AvgIpc) is 2.90. The van der Waals surface area contributed by atoms with E-state index in [1.807, 2.05) is 17.9 Å². The van der Waals surface area contributed by atoms with Crippen LogP contribution in [0.25, 0.3) is 0 Å². The molecule has 2 aliphatic heterocycles. The number of carbonyl (C=O) groups is 1. The number of hydrogen-bond donors (Lipinski definition) is 1. The summed E-state index contributed by atoms with van der Waals surface area (Å²) in [5, 5.41) is 3.34. The fourth-order valence-electron chi connectivity index (χ4n) is 2.79. The number of rotatable bonds is 1. The molecule has 4 nitrogen and oxygen atoms in total. The maximum Gasteiger partial charge on any atom is 0.289 e. The Morgan fingerprint density at radius 3 is 3.12 bits per heavy atom. The van der Waals surface area contributed by atoms with E-state index in [1.165, 1.54) is 0 Å². The number of nitrogens with one attached hydrogen (secondary N) is 1. The highest BCUT2D eigenvalue weighted by Gasteiger charge is 2.40. The van der Waals surface area contributed by atoms with Gasteiger partial charge in [0.15, 0.2) is 5.76 Å². The lowest BCUT2D eigenvalue weighted by Crippen LogP contribution is -2.38. The molecule has 1 amide bonds. The molecule has 1 aromatic rings. The van der Waals surface area contributed by atoms with Gasteiger partial charge in [0.1, 0.15) is 5.76 Å². The molecule has 0 bridgehead atoms. The topological polar surface area (TPSA) is 45.5 Å². The SMILES string of the molecule is Cc1ccc(C(=O)N2CCC3CNCC32)o1. The van der Waals surface area contributed by atoms with E-state index in [4.69, 9.17) is 4.42 Å². The van der Waals surface area contributed by atoms with Crippen molar-refractivity contribution in [1.82, 2.24) is 10.2 Å². The molecule has 0 spiro atoms. The summed E-state index contributed by atoms with van der Waals surface area (Å²) < 4.78 is 5.39. The van der Waals surface area contributed by atoms with E-state index in [1.54, 1.807) is 6.07 Å². The van der Waals surface area contributed by atoms with Crippen molar-refractivity contribution in [2.45, 2.75) is 19.4 Å². The molecule has 2 saturated heterocycles. The van der Waals surface area contributed by atoms with Crippen LogP contribution in [0, 0.1) is 12.8 Å². The number of likely N-dealkylation sites (tertiary alicyclic amines) is 1. The second kappa shape index (κ2) is 3.63. The summed E-state index contributed by atoms with van der Waals surface area (Å²) in [5.74, 6) is 1.96. The third-order valence-electron chi connectivity index (χ3n) is 3.66. The quantitative estimate of drug-likeness (QED) is 0.768. The van der Waals surface area contributed by atoms with Gasteiger partial charge in [0.05, 0.1) is 0 Å². The van der Waals surface area contributed by atoms with Gasteiger partial charge in [0, 0.05) is 25.7 Å². The summed E-state index contributed by atoms with van der Waals surface area (Å²) in [6.45, 7) is 4.71. The van der Waals surface area contributed by atoms with Crippen molar-refractivity contribution < 1.29 is 9.21 Å². The minimum atomic E-state index is 0.0456. The zero-order valence-corrected chi connectivity index (χ0v) is 9.40. The normalized spacial score (nSPS) is 28.4. The number of fused-ring (bicyclic) bond motifs is 1. The molecule has 0 radical (unpaired) electrons. The smallest absolute Gasteiger partial charge is 0.289 e. The molecule has 2 unspecified atom stereocenters. The van der Waals surface area contributed by atoms with Gasteiger partial charge in [0.2, 0.25) is 0 Å². The predicted molar refractivity (Wildman–Crippen MR) is 59.2 cm³/mol. The highest BCUT2D eigenvalue weighted by atomic mass is 16.3. The van der Waals surface area contributed by atoms with Crippen LogP contribution >= 0.6 is 0 Å². The van der Waals surface area contributed by atoms with Crippen LogP contribution in [0.15, 0.2) is 16.5 Å². The van der Waals surface area contributed by atoms with Crippen molar-refractivity contribution in [2.75, 3.05) is 19.6 Å². The lowest BCUT2D eigenvalue weighted by atomic mass is 10.1. The Kier molecular flexibility index (Phi) is 2.24. The van der Waals surface area contributed by atoms with Crippen LogP contribution in [0.3, 0.4) is 0 Å². The molecule has 0 aromatic carbocycles. The van der Waals surface area contributed by atoms with Crippen molar-refractivity contribution in [1.29, 1.82) is 0 Å². The summed E-state index contributed by atoms with van der Waals surface area (Å²) in [7, 11) is 0. The van der Waals surface area contributed by atoms with Crippen LogP contribution in [0.5, 0.6) is 0 Å². The fraction of sp³-hybridized carbons (Fsp3) is 0.583. The largest absolute Gasteiger partial charge is 0.456 e. The molecule has 0 aliphatic carbocycles. The second-order valence-corrected chi connectivity index (χ2v) is 4.68. The number of carbonyl (C=O) groups excluding carboxylic acids is 1. The van der Waals surface area contributed by atoms with E-state index in [0.29, 0.717) is 17.7 Å². The van der Waals surface area contributed by atoms with Crippen LogP contribution < -0.4 is 5.32 Å². The van der Waals surface area contributed by atoms with Gasteiger partial charge in [0.25, 0.3) is 5.91 Å². The zero-order valence-electron chi connectivity index (χ0n) is 9.40. The Labute approximate surface area is 94.6 Å². The van der Waals surface area contributed by atoms with Crippen LogP contribution in [-0.2, 0) is 0 Å². The van der Waals surface area contributed by atoms with Gasteiger partial charge >= 0.3 is 0 Å². The first-order chi connectivity index (χ1) is 7.75. The average molecular weight is 220 g/mol. The van der Waals surface area contributed by atoms with Crippen LogP contribution in [0.2, 0.25) is 0 Å². The molecule has 3 heterocycles. The first-order valence-corrected chi connectivity index (χ1v) is 5.84.